The quantitative estimate of drug-likeness (QED) is 0.0320. The molecule has 0 aromatic heterocycles. The van der Waals surface area contributed by atoms with E-state index in [4.69, 9.17) is 99.5 Å². The summed E-state index contributed by atoms with van der Waals surface area (Å²) in [4.78, 5) is 14.5. The Bertz CT molecular complexity index is 1430. The van der Waals surface area contributed by atoms with Crippen LogP contribution in [-0.4, -0.2) is 333 Å². The Hall–Kier alpha value is -1.41. The molecule has 0 aromatic carbocycles. The number of likely N-dealkylation sites (N-methyl/N-ethyl adjacent to an activating group) is 1. The van der Waals surface area contributed by atoms with Gasteiger partial charge in [0.25, 0.3) is 0 Å². The molecule has 0 spiro atoms. The third-order valence-corrected chi connectivity index (χ3v) is 15.3. The van der Waals surface area contributed by atoms with Gasteiger partial charge in [-0.05, 0) is 12.8 Å². The normalized spacial score (nSPS) is 13.5. The van der Waals surface area contributed by atoms with Gasteiger partial charge < -0.3 is 104 Å². The molecule has 1 aliphatic heterocycles. The monoisotopic (exact) mass is 1360 g/mol. The van der Waals surface area contributed by atoms with E-state index in [0.29, 0.717) is 264 Å². The summed E-state index contributed by atoms with van der Waals surface area (Å²) < 4.78 is 118. The Morgan fingerprint density at radius 3 is 0.670 bits per heavy atom. The fraction of sp³-hybridized carbons (Fsp3) is 0.986. The zero-order chi connectivity index (χ0) is 67.2. The SMILES string of the molecule is CCCCCCCCCCCCCCCCCCOCCOCCOCCOCCOCCOCCOCCOCCOCCOCCOCCOCCOCCOCCOCCOCCOCCOCCOCCOCCOC(=O)CCN1CC[N+](C)(CCCC)CC1. The van der Waals surface area contributed by atoms with Gasteiger partial charge in [0.15, 0.2) is 0 Å². The van der Waals surface area contributed by atoms with E-state index in [0.717, 1.165) is 50.2 Å². The molecule has 1 fully saturated rings. The first-order valence-electron chi connectivity index (χ1n) is 36.9. The van der Waals surface area contributed by atoms with E-state index in [9.17, 15) is 4.79 Å². The number of hydrogen-bond acceptors (Lipinski definition) is 23. The van der Waals surface area contributed by atoms with Gasteiger partial charge in [-0.2, -0.15) is 0 Å². The zero-order valence-electron chi connectivity index (χ0n) is 60.0. The lowest BCUT2D eigenvalue weighted by Gasteiger charge is -2.42. The summed E-state index contributed by atoms with van der Waals surface area (Å²) in [5.74, 6) is -0.168. The summed E-state index contributed by atoms with van der Waals surface area (Å²) in [6, 6.07) is 0. The van der Waals surface area contributed by atoms with Crippen molar-refractivity contribution < 1.29 is 109 Å². The zero-order valence-corrected chi connectivity index (χ0v) is 60.0. The maximum absolute atomic E-state index is 12.1. The fourth-order valence-corrected chi connectivity index (χ4v) is 9.54. The molecule has 0 N–H and O–H groups in total. The van der Waals surface area contributed by atoms with Crippen molar-refractivity contribution in [3.8, 4) is 0 Å². The van der Waals surface area contributed by atoms with Crippen molar-refractivity contribution in [2.75, 3.05) is 317 Å². The van der Waals surface area contributed by atoms with E-state index >= 15 is 0 Å². The topological polar surface area (TPSA) is 214 Å². The highest BCUT2D eigenvalue weighted by Crippen LogP contribution is 2.15. The van der Waals surface area contributed by atoms with Crippen LogP contribution in [0.2, 0.25) is 0 Å². The standard InChI is InChI=1S/C70H141N2O22/c1-4-6-8-9-10-11-12-13-14-15-16-17-18-19-20-21-29-74-30-31-75-32-33-76-34-35-77-36-37-78-38-39-79-40-41-80-42-43-81-44-45-82-46-47-83-48-49-84-50-51-85-52-53-86-54-55-87-56-57-88-58-59-89-60-61-90-62-63-91-64-65-92-66-67-93-68-69-94-70(73)22-23-71-24-27-72(3,28-25-71)26-7-5-2/h4-69H2,1-3H3/q+1. The minimum atomic E-state index is -0.168. The average Bonchev–Trinajstić information content (AvgIpc) is 0.919. The van der Waals surface area contributed by atoms with Crippen LogP contribution in [0.4, 0.5) is 0 Å². The lowest BCUT2D eigenvalue weighted by Crippen LogP contribution is -2.57. The molecule has 94 heavy (non-hydrogen) atoms. The van der Waals surface area contributed by atoms with Crippen molar-refractivity contribution in [1.82, 2.24) is 4.90 Å². The van der Waals surface area contributed by atoms with Crippen LogP contribution in [0.15, 0.2) is 0 Å². The number of piperazine rings is 1. The number of nitrogens with zero attached hydrogens (tertiary/aromatic N) is 2. The number of hydrogen-bond donors (Lipinski definition) is 0. The molecule has 24 nitrogen and oxygen atoms in total. The number of unbranched alkanes of at least 4 members (excludes halogenated alkanes) is 16. The van der Waals surface area contributed by atoms with Crippen LogP contribution in [0.5, 0.6) is 0 Å². The maximum Gasteiger partial charge on any atom is 0.307 e. The molecule has 0 aromatic rings. The largest absolute Gasteiger partial charge is 0.463 e. The van der Waals surface area contributed by atoms with Crippen LogP contribution in [0.1, 0.15) is 136 Å². The molecular formula is C70H141N2O22+. The molecule has 0 aliphatic carbocycles. The van der Waals surface area contributed by atoms with Crippen molar-refractivity contribution in [2.45, 2.75) is 136 Å². The molecule has 0 saturated carbocycles. The highest BCUT2D eigenvalue weighted by molar-refractivity contribution is 5.69. The molecular weight excluding hydrogens is 1220 g/mol. The Labute approximate surface area is 570 Å². The van der Waals surface area contributed by atoms with E-state index < -0.39 is 0 Å². The molecule has 0 bridgehead atoms. The predicted octanol–water partition coefficient (Wildman–Crippen LogP) is 8.08. The van der Waals surface area contributed by atoms with Crippen LogP contribution in [0.3, 0.4) is 0 Å². The van der Waals surface area contributed by atoms with Gasteiger partial charge in [0.05, 0.1) is 291 Å². The predicted molar refractivity (Wildman–Crippen MR) is 364 cm³/mol. The van der Waals surface area contributed by atoms with Crippen molar-refractivity contribution >= 4 is 5.97 Å². The van der Waals surface area contributed by atoms with Crippen LogP contribution < -0.4 is 0 Å². The second-order valence-electron chi connectivity index (χ2n) is 23.5. The van der Waals surface area contributed by atoms with E-state index in [1.54, 1.807) is 0 Å². The molecule has 0 amide bonds. The van der Waals surface area contributed by atoms with Gasteiger partial charge in [-0.25, -0.2) is 0 Å². The third kappa shape index (κ3) is 73.3. The number of rotatable bonds is 83. The number of quaternary nitrogens is 1. The summed E-state index contributed by atoms with van der Waals surface area (Å²) in [5, 5.41) is 0. The summed E-state index contributed by atoms with van der Waals surface area (Å²) in [6.45, 7) is 31.4. The molecule has 562 valence electrons. The van der Waals surface area contributed by atoms with Crippen LogP contribution in [-0.2, 0) is 104 Å². The highest BCUT2D eigenvalue weighted by atomic mass is 16.6. The van der Waals surface area contributed by atoms with Crippen molar-refractivity contribution in [1.29, 1.82) is 0 Å². The van der Waals surface area contributed by atoms with E-state index in [-0.39, 0.29) is 12.6 Å². The van der Waals surface area contributed by atoms with Gasteiger partial charge >= 0.3 is 5.97 Å². The minimum absolute atomic E-state index is 0.168. The second kappa shape index (κ2) is 78.9. The molecule has 1 rings (SSSR count). The summed E-state index contributed by atoms with van der Waals surface area (Å²) in [5.41, 5.74) is 0. The average molecular weight is 1360 g/mol. The van der Waals surface area contributed by atoms with Crippen molar-refractivity contribution in [3.05, 3.63) is 0 Å². The molecule has 0 unspecified atom stereocenters. The summed E-state index contributed by atoms with van der Waals surface area (Å²) in [6.07, 6.45) is 25.0. The summed E-state index contributed by atoms with van der Waals surface area (Å²) >= 11 is 0. The van der Waals surface area contributed by atoms with Gasteiger partial charge in [0, 0.05) is 26.2 Å². The van der Waals surface area contributed by atoms with Gasteiger partial charge in [-0.1, -0.05) is 117 Å². The van der Waals surface area contributed by atoms with Crippen molar-refractivity contribution in [2.24, 2.45) is 0 Å². The van der Waals surface area contributed by atoms with E-state index in [1.807, 2.05) is 0 Å². The Morgan fingerprint density at radius 1 is 0.255 bits per heavy atom. The maximum atomic E-state index is 12.1. The first kappa shape index (κ1) is 90.6. The van der Waals surface area contributed by atoms with Gasteiger partial charge in [-0.3, -0.25) is 9.69 Å². The molecule has 1 aliphatic rings. The van der Waals surface area contributed by atoms with Gasteiger partial charge in [-0.15, -0.1) is 0 Å². The third-order valence-electron chi connectivity index (χ3n) is 15.3. The smallest absolute Gasteiger partial charge is 0.307 e. The lowest BCUT2D eigenvalue weighted by molar-refractivity contribution is -0.913. The number of carbonyl (C=O) groups excluding carboxylic acids is 1. The Kier molecular flexibility index (Phi) is 76.1. The molecule has 0 radical (unpaired) electrons. The van der Waals surface area contributed by atoms with E-state index in [1.165, 1.54) is 116 Å². The summed E-state index contributed by atoms with van der Waals surface area (Å²) in [7, 11) is 2.35. The first-order valence-corrected chi connectivity index (χ1v) is 36.9. The van der Waals surface area contributed by atoms with Gasteiger partial charge in [0.2, 0.25) is 0 Å². The van der Waals surface area contributed by atoms with Crippen LogP contribution >= 0.6 is 0 Å². The molecule has 0 atom stereocenters. The van der Waals surface area contributed by atoms with Crippen LogP contribution in [0, 0.1) is 0 Å². The molecule has 1 saturated heterocycles. The Morgan fingerprint density at radius 2 is 0.447 bits per heavy atom. The molecule has 24 heteroatoms. The number of esters is 1. The van der Waals surface area contributed by atoms with Gasteiger partial charge in [0.1, 0.15) is 6.61 Å². The highest BCUT2D eigenvalue weighted by Gasteiger charge is 2.28. The van der Waals surface area contributed by atoms with Crippen molar-refractivity contribution in [3.63, 3.8) is 0 Å². The number of carbonyl (C=O) groups is 1. The lowest BCUT2D eigenvalue weighted by atomic mass is 10.0. The Balaban J connectivity index is 1.60. The first-order chi connectivity index (χ1) is 46.6. The van der Waals surface area contributed by atoms with Crippen LogP contribution in [0.25, 0.3) is 0 Å². The second-order valence-corrected chi connectivity index (χ2v) is 23.5. The molecule has 1 heterocycles. The fourth-order valence-electron chi connectivity index (χ4n) is 9.54. The van der Waals surface area contributed by atoms with E-state index in [2.05, 4.69) is 25.8 Å². The number of ether oxygens (including phenoxy) is 21. The minimum Gasteiger partial charge on any atom is -0.463 e.